The molecule has 2 aromatic rings. The summed E-state index contributed by atoms with van der Waals surface area (Å²) in [5.41, 5.74) is -0.0707. The number of carboxylic acids is 1. The zero-order chi connectivity index (χ0) is 15.5. The van der Waals surface area contributed by atoms with E-state index in [1.165, 1.54) is 11.3 Å². The maximum atomic E-state index is 12.5. The molecule has 21 heavy (non-hydrogen) atoms. The lowest BCUT2D eigenvalue weighted by molar-refractivity contribution is -0.138. The quantitative estimate of drug-likeness (QED) is 0.856. The molecule has 1 aromatic carbocycles. The van der Waals surface area contributed by atoms with Crippen molar-refractivity contribution in [2.45, 2.75) is 38.6 Å². The summed E-state index contributed by atoms with van der Waals surface area (Å²) in [6, 6.07) is 7.72. The molecule has 0 fully saturated rings. The molecule has 1 amide bonds. The van der Waals surface area contributed by atoms with Gasteiger partial charge < -0.3 is 10.4 Å². The van der Waals surface area contributed by atoms with Crippen molar-refractivity contribution >= 4 is 33.3 Å². The predicted molar refractivity (Wildman–Crippen MR) is 84.9 cm³/mol. The molecule has 4 nitrogen and oxygen atoms in total. The SMILES string of the molecule is CCC(CC)(CC(=O)O)NC(=O)c1csc2ccccc12. The van der Waals surface area contributed by atoms with Gasteiger partial charge in [0.05, 0.1) is 17.5 Å². The number of fused-ring (bicyclic) bond motifs is 1. The molecule has 0 saturated carbocycles. The minimum absolute atomic E-state index is 0.0617. The lowest BCUT2D eigenvalue weighted by Gasteiger charge is -2.31. The van der Waals surface area contributed by atoms with Crippen LogP contribution in [0.25, 0.3) is 10.1 Å². The van der Waals surface area contributed by atoms with E-state index in [1.54, 1.807) is 0 Å². The van der Waals surface area contributed by atoms with Crippen LogP contribution in [0.4, 0.5) is 0 Å². The number of nitrogens with one attached hydrogen (secondary N) is 1. The summed E-state index contributed by atoms with van der Waals surface area (Å²) in [6.07, 6.45) is 1.11. The normalized spacial score (nSPS) is 11.5. The van der Waals surface area contributed by atoms with E-state index in [1.807, 2.05) is 43.5 Å². The molecule has 0 radical (unpaired) electrons. The van der Waals surface area contributed by atoms with Gasteiger partial charge in [-0.25, -0.2) is 0 Å². The number of hydrogen-bond acceptors (Lipinski definition) is 3. The highest BCUT2D eigenvalue weighted by molar-refractivity contribution is 7.17. The highest BCUT2D eigenvalue weighted by Gasteiger charge is 2.31. The largest absolute Gasteiger partial charge is 0.481 e. The van der Waals surface area contributed by atoms with Crippen LogP contribution in [-0.2, 0) is 4.79 Å². The van der Waals surface area contributed by atoms with Crippen LogP contribution >= 0.6 is 11.3 Å². The third kappa shape index (κ3) is 3.24. The van der Waals surface area contributed by atoms with Crippen LogP contribution in [-0.4, -0.2) is 22.5 Å². The average molecular weight is 305 g/mol. The Morgan fingerprint density at radius 2 is 1.90 bits per heavy atom. The Morgan fingerprint density at radius 3 is 2.52 bits per heavy atom. The first kappa shape index (κ1) is 15.5. The van der Waals surface area contributed by atoms with Gasteiger partial charge in [0.2, 0.25) is 0 Å². The van der Waals surface area contributed by atoms with Gasteiger partial charge in [-0.3, -0.25) is 9.59 Å². The van der Waals surface area contributed by atoms with Crippen molar-refractivity contribution in [1.29, 1.82) is 0 Å². The molecule has 0 aliphatic rings. The van der Waals surface area contributed by atoms with E-state index in [0.29, 0.717) is 18.4 Å². The van der Waals surface area contributed by atoms with Gasteiger partial charge in [-0.05, 0) is 18.9 Å². The highest BCUT2D eigenvalue weighted by atomic mass is 32.1. The Hall–Kier alpha value is -1.88. The predicted octanol–water partition coefficient (Wildman–Crippen LogP) is 3.66. The molecular weight excluding hydrogens is 286 g/mol. The van der Waals surface area contributed by atoms with E-state index in [4.69, 9.17) is 5.11 Å². The molecule has 2 N–H and O–H groups in total. The van der Waals surface area contributed by atoms with Gasteiger partial charge in [0.15, 0.2) is 0 Å². The zero-order valence-corrected chi connectivity index (χ0v) is 13.0. The molecule has 0 aliphatic heterocycles. The molecule has 5 heteroatoms. The summed E-state index contributed by atoms with van der Waals surface area (Å²) in [7, 11) is 0. The molecular formula is C16H19NO3S. The highest BCUT2D eigenvalue weighted by Crippen LogP contribution is 2.27. The third-order valence-corrected chi connectivity index (χ3v) is 4.91. The Labute approximate surface area is 127 Å². The molecule has 1 heterocycles. The summed E-state index contributed by atoms with van der Waals surface area (Å²) in [5.74, 6) is -1.09. The van der Waals surface area contributed by atoms with Crippen molar-refractivity contribution in [1.82, 2.24) is 5.32 Å². The number of hydrogen-bond donors (Lipinski definition) is 2. The molecule has 1 aromatic heterocycles. The lowest BCUT2D eigenvalue weighted by atomic mass is 9.88. The van der Waals surface area contributed by atoms with Gasteiger partial charge in [0.25, 0.3) is 5.91 Å². The second kappa shape index (κ2) is 6.26. The van der Waals surface area contributed by atoms with E-state index in [0.717, 1.165) is 10.1 Å². The number of carboxylic acid groups (broad SMARTS) is 1. The summed E-state index contributed by atoms with van der Waals surface area (Å²) in [5, 5.41) is 14.8. The van der Waals surface area contributed by atoms with Crippen LogP contribution in [0, 0.1) is 0 Å². The number of thiophene rings is 1. The summed E-state index contributed by atoms with van der Waals surface area (Å²) in [4.78, 5) is 23.6. The van der Waals surface area contributed by atoms with Crippen molar-refractivity contribution in [3.05, 3.63) is 35.2 Å². The van der Waals surface area contributed by atoms with Crippen LogP contribution in [0.1, 0.15) is 43.5 Å². The maximum absolute atomic E-state index is 12.5. The van der Waals surface area contributed by atoms with Gasteiger partial charge in [0, 0.05) is 15.5 Å². The molecule has 0 unspecified atom stereocenters. The molecule has 0 bridgehead atoms. The van der Waals surface area contributed by atoms with Crippen LogP contribution in [0.3, 0.4) is 0 Å². The van der Waals surface area contributed by atoms with Crippen molar-refractivity contribution in [2.24, 2.45) is 0 Å². The average Bonchev–Trinajstić information content (AvgIpc) is 2.90. The minimum atomic E-state index is -0.894. The first-order chi connectivity index (χ1) is 10.0. The second-order valence-corrected chi connectivity index (χ2v) is 6.07. The van der Waals surface area contributed by atoms with Crippen molar-refractivity contribution in [3.63, 3.8) is 0 Å². The van der Waals surface area contributed by atoms with E-state index >= 15 is 0 Å². The minimum Gasteiger partial charge on any atom is -0.481 e. The monoisotopic (exact) mass is 305 g/mol. The number of benzene rings is 1. The van der Waals surface area contributed by atoms with Gasteiger partial charge >= 0.3 is 5.97 Å². The molecule has 0 atom stereocenters. The number of amides is 1. The first-order valence-electron chi connectivity index (χ1n) is 7.02. The Kier molecular flexibility index (Phi) is 4.63. The Morgan fingerprint density at radius 1 is 1.24 bits per heavy atom. The summed E-state index contributed by atoms with van der Waals surface area (Å²) < 4.78 is 1.06. The topological polar surface area (TPSA) is 66.4 Å². The zero-order valence-electron chi connectivity index (χ0n) is 12.2. The molecule has 2 rings (SSSR count). The second-order valence-electron chi connectivity index (χ2n) is 5.16. The molecule has 0 saturated heterocycles. The Balaban J connectivity index is 2.28. The van der Waals surface area contributed by atoms with E-state index in [-0.39, 0.29) is 12.3 Å². The van der Waals surface area contributed by atoms with Gasteiger partial charge in [-0.1, -0.05) is 32.0 Å². The van der Waals surface area contributed by atoms with Crippen molar-refractivity contribution < 1.29 is 14.7 Å². The van der Waals surface area contributed by atoms with Crippen molar-refractivity contribution in [2.75, 3.05) is 0 Å². The standard InChI is InChI=1S/C16H19NO3S/c1-3-16(4-2,9-14(18)19)17-15(20)12-10-21-13-8-6-5-7-11(12)13/h5-8,10H,3-4,9H2,1-2H3,(H,17,20)(H,18,19). The van der Waals surface area contributed by atoms with E-state index in [2.05, 4.69) is 5.32 Å². The van der Waals surface area contributed by atoms with Crippen molar-refractivity contribution in [3.8, 4) is 0 Å². The van der Waals surface area contributed by atoms with Crippen LogP contribution < -0.4 is 5.32 Å². The van der Waals surface area contributed by atoms with E-state index in [9.17, 15) is 9.59 Å². The fraction of sp³-hybridized carbons (Fsp3) is 0.375. The first-order valence-corrected chi connectivity index (χ1v) is 7.90. The molecule has 112 valence electrons. The fourth-order valence-corrected chi connectivity index (χ4v) is 3.41. The molecule has 0 spiro atoms. The number of aliphatic carboxylic acids is 1. The maximum Gasteiger partial charge on any atom is 0.305 e. The lowest BCUT2D eigenvalue weighted by Crippen LogP contribution is -2.49. The summed E-state index contributed by atoms with van der Waals surface area (Å²) in [6.45, 7) is 3.80. The number of carbonyl (C=O) groups excluding carboxylic acids is 1. The van der Waals surface area contributed by atoms with Crippen LogP contribution in [0.5, 0.6) is 0 Å². The van der Waals surface area contributed by atoms with Gasteiger partial charge in [-0.15, -0.1) is 11.3 Å². The summed E-state index contributed by atoms with van der Waals surface area (Å²) >= 11 is 1.52. The van der Waals surface area contributed by atoms with Gasteiger partial charge in [0.1, 0.15) is 0 Å². The fourth-order valence-electron chi connectivity index (χ4n) is 2.47. The number of carbonyl (C=O) groups is 2. The van der Waals surface area contributed by atoms with Gasteiger partial charge in [-0.2, -0.15) is 0 Å². The van der Waals surface area contributed by atoms with Crippen LogP contribution in [0.2, 0.25) is 0 Å². The van der Waals surface area contributed by atoms with E-state index < -0.39 is 11.5 Å². The number of rotatable bonds is 6. The Bertz CT molecular complexity index is 658. The van der Waals surface area contributed by atoms with Crippen LogP contribution in [0.15, 0.2) is 29.6 Å². The smallest absolute Gasteiger partial charge is 0.305 e. The third-order valence-electron chi connectivity index (χ3n) is 3.95. The molecule has 0 aliphatic carbocycles.